The van der Waals surface area contributed by atoms with Crippen molar-refractivity contribution in [3.05, 3.63) is 80.0 Å². The minimum atomic E-state index is -0.800. The number of imide groups is 1. The number of aromatic nitrogens is 1. The lowest BCUT2D eigenvalue weighted by Crippen LogP contribution is -2.43. The Balaban J connectivity index is 1.44. The highest BCUT2D eigenvalue weighted by molar-refractivity contribution is 8.00. The summed E-state index contributed by atoms with van der Waals surface area (Å²) in [6.45, 7) is 8.01. The first-order chi connectivity index (χ1) is 19.5. The molecule has 0 N–H and O–H groups in total. The molecular formula is C30H30FN3O5S2. The van der Waals surface area contributed by atoms with Gasteiger partial charge in [-0.2, -0.15) is 0 Å². The Bertz CT molecular complexity index is 1570. The number of thiazole rings is 1. The zero-order valence-electron chi connectivity index (χ0n) is 23.0. The second-order valence-corrected chi connectivity index (χ2v) is 13.6. The van der Waals surface area contributed by atoms with E-state index < -0.39 is 28.8 Å². The maximum atomic E-state index is 14.0. The van der Waals surface area contributed by atoms with Gasteiger partial charge in [-0.1, -0.05) is 68.1 Å². The van der Waals surface area contributed by atoms with Crippen molar-refractivity contribution in [2.45, 2.75) is 48.9 Å². The van der Waals surface area contributed by atoms with Crippen molar-refractivity contribution in [1.82, 2.24) is 9.47 Å². The number of hydrogen-bond donors (Lipinski definition) is 0. The van der Waals surface area contributed by atoms with Crippen LogP contribution in [0.3, 0.4) is 0 Å². The van der Waals surface area contributed by atoms with E-state index in [0.717, 1.165) is 27.4 Å². The number of hydrogen-bond acceptors (Lipinski definition) is 7. The summed E-state index contributed by atoms with van der Waals surface area (Å²) >= 11 is 2.20. The van der Waals surface area contributed by atoms with Crippen molar-refractivity contribution in [3.8, 4) is 0 Å². The summed E-state index contributed by atoms with van der Waals surface area (Å²) in [7, 11) is 0. The topological polar surface area (TPSA) is 88.9 Å². The molecular weight excluding hydrogens is 565 g/mol. The van der Waals surface area contributed by atoms with Gasteiger partial charge in [-0.15, -0.1) is 0 Å². The van der Waals surface area contributed by atoms with Crippen molar-refractivity contribution < 1.29 is 23.5 Å². The van der Waals surface area contributed by atoms with Crippen LogP contribution in [-0.4, -0.2) is 58.7 Å². The van der Waals surface area contributed by atoms with E-state index in [1.807, 2.05) is 24.3 Å². The maximum absolute atomic E-state index is 14.0. The second kappa shape index (κ2) is 10.5. The van der Waals surface area contributed by atoms with E-state index in [1.165, 1.54) is 40.6 Å². The van der Waals surface area contributed by atoms with Crippen molar-refractivity contribution in [1.29, 1.82) is 0 Å². The third kappa shape index (κ3) is 4.93. The molecule has 3 atom stereocenters. The van der Waals surface area contributed by atoms with Gasteiger partial charge in [-0.05, 0) is 40.8 Å². The largest absolute Gasteiger partial charge is 0.378 e. The Morgan fingerprint density at radius 2 is 1.63 bits per heavy atom. The minimum Gasteiger partial charge on any atom is -0.378 e. The molecule has 2 unspecified atom stereocenters. The molecule has 2 fully saturated rings. The van der Waals surface area contributed by atoms with E-state index in [9.17, 15) is 23.6 Å². The molecule has 2 aromatic carbocycles. The fourth-order valence-electron chi connectivity index (χ4n) is 5.70. The summed E-state index contributed by atoms with van der Waals surface area (Å²) in [5, 5.41) is -0.249. The van der Waals surface area contributed by atoms with Crippen LogP contribution in [0.1, 0.15) is 42.7 Å². The lowest BCUT2D eigenvalue weighted by molar-refractivity contribution is -0.136. The highest BCUT2D eigenvalue weighted by Crippen LogP contribution is 2.54. The molecule has 3 aliphatic rings. The second-order valence-electron chi connectivity index (χ2n) is 11.5. The first kappa shape index (κ1) is 27.9. The molecule has 11 heteroatoms. The molecule has 6 rings (SSSR count). The molecule has 4 heterocycles. The molecule has 0 radical (unpaired) electrons. The first-order valence-corrected chi connectivity index (χ1v) is 15.2. The van der Waals surface area contributed by atoms with Crippen LogP contribution < -0.4 is 9.77 Å². The lowest BCUT2D eigenvalue weighted by atomic mass is 9.81. The summed E-state index contributed by atoms with van der Waals surface area (Å²) in [5.41, 5.74) is 2.17. The smallest absolute Gasteiger partial charge is 0.308 e. The van der Waals surface area contributed by atoms with Crippen LogP contribution in [-0.2, 0) is 31.1 Å². The lowest BCUT2D eigenvalue weighted by Gasteiger charge is -2.31. The van der Waals surface area contributed by atoms with E-state index >= 15 is 0 Å². The number of morpholine rings is 1. The summed E-state index contributed by atoms with van der Waals surface area (Å²) in [6.07, 6.45) is 0. The number of halogens is 1. The predicted molar refractivity (Wildman–Crippen MR) is 155 cm³/mol. The van der Waals surface area contributed by atoms with Crippen LogP contribution in [0.2, 0.25) is 0 Å². The number of fused-ring (bicyclic) bond motifs is 2. The van der Waals surface area contributed by atoms with Gasteiger partial charge < -0.3 is 9.64 Å². The van der Waals surface area contributed by atoms with Crippen LogP contribution in [0.15, 0.2) is 58.4 Å². The van der Waals surface area contributed by atoms with Crippen LogP contribution in [0.25, 0.3) is 0 Å². The Morgan fingerprint density at radius 3 is 2.27 bits per heavy atom. The highest BCUT2D eigenvalue weighted by Gasteiger charge is 2.56. The average molecular weight is 596 g/mol. The van der Waals surface area contributed by atoms with Crippen LogP contribution in [0.4, 0.5) is 10.1 Å². The third-order valence-electron chi connectivity index (χ3n) is 7.93. The monoisotopic (exact) mass is 595 g/mol. The Labute approximate surface area is 245 Å². The summed E-state index contributed by atoms with van der Waals surface area (Å²) in [4.78, 5) is 57.5. The zero-order chi connectivity index (χ0) is 29.1. The van der Waals surface area contributed by atoms with Gasteiger partial charge in [-0.25, -0.2) is 9.29 Å². The van der Waals surface area contributed by atoms with Gasteiger partial charge in [0.15, 0.2) is 0 Å². The Kier molecular flexibility index (Phi) is 7.15. The number of rotatable bonds is 4. The first-order valence-electron chi connectivity index (χ1n) is 13.5. The van der Waals surface area contributed by atoms with Crippen LogP contribution >= 0.6 is 23.1 Å². The molecule has 214 valence electrons. The number of nitrogens with zero attached hydrogens (tertiary/aromatic N) is 3. The molecule has 0 spiro atoms. The summed E-state index contributed by atoms with van der Waals surface area (Å²) in [5.74, 6) is -2.76. The van der Waals surface area contributed by atoms with Gasteiger partial charge in [0.2, 0.25) is 17.7 Å². The number of ether oxygens (including phenoxy) is 1. The van der Waals surface area contributed by atoms with Gasteiger partial charge in [0.05, 0.1) is 29.8 Å². The molecule has 8 nitrogen and oxygen atoms in total. The molecule has 3 amide bonds. The summed E-state index contributed by atoms with van der Waals surface area (Å²) < 4.78 is 20.5. The quantitative estimate of drug-likeness (QED) is 0.424. The number of carbonyl (C=O) groups is 3. The van der Waals surface area contributed by atoms with Crippen LogP contribution in [0, 0.1) is 11.7 Å². The fraction of sp³-hybridized carbons (Fsp3) is 0.400. The van der Waals surface area contributed by atoms with E-state index in [-0.39, 0.29) is 28.6 Å². The normalized spacial score (nSPS) is 22.6. The minimum absolute atomic E-state index is 0.0822. The zero-order valence-corrected chi connectivity index (χ0v) is 24.6. The molecule has 3 aliphatic heterocycles. The van der Waals surface area contributed by atoms with Crippen molar-refractivity contribution >= 4 is 46.5 Å². The van der Waals surface area contributed by atoms with Gasteiger partial charge >= 0.3 is 4.87 Å². The molecule has 3 aromatic rings. The average Bonchev–Trinajstić information content (AvgIpc) is 3.40. The number of carbonyl (C=O) groups excluding carboxylic acids is 3. The molecule has 2 saturated heterocycles. The SMILES string of the molecule is CC(C)(C)c1ccc([C@H]2c3sc(=O)n(CC(=O)N4CCOCC4)c3SC3C(=O)N(c4ccc(F)cc4)C(=O)C32)cc1. The molecule has 0 aliphatic carbocycles. The van der Waals surface area contributed by atoms with E-state index in [4.69, 9.17) is 4.74 Å². The molecule has 0 bridgehead atoms. The van der Waals surface area contributed by atoms with Gasteiger partial charge in [0, 0.05) is 23.9 Å². The highest BCUT2D eigenvalue weighted by atomic mass is 32.2. The summed E-state index contributed by atoms with van der Waals surface area (Å²) in [6, 6.07) is 13.3. The maximum Gasteiger partial charge on any atom is 0.308 e. The molecule has 0 saturated carbocycles. The predicted octanol–water partition coefficient (Wildman–Crippen LogP) is 4.00. The number of anilines is 1. The van der Waals surface area contributed by atoms with Crippen molar-refractivity contribution in [2.24, 2.45) is 5.92 Å². The van der Waals surface area contributed by atoms with E-state index in [1.54, 1.807) is 4.90 Å². The standard InChI is InChI=1S/C30H30FN3O5S2/c1-30(2,3)18-6-4-17(5-7-18)22-23-24(27(37)34(26(23)36)20-10-8-19(31)9-11-20)40-28-25(22)41-29(38)33(28)16-21(35)32-12-14-39-15-13-32/h4-11,22-24H,12-16H2,1-3H3/t22-,23?,24?/m1/s1. The Morgan fingerprint density at radius 1 is 0.976 bits per heavy atom. The molecule has 41 heavy (non-hydrogen) atoms. The number of amides is 3. The van der Waals surface area contributed by atoms with Gasteiger partial charge in [0.25, 0.3) is 0 Å². The number of benzene rings is 2. The van der Waals surface area contributed by atoms with Gasteiger partial charge in [0.1, 0.15) is 17.6 Å². The van der Waals surface area contributed by atoms with Crippen molar-refractivity contribution in [2.75, 3.05) is 31.2 Å². The van der Waals surface area contributed by atoms with E-state index in [0.29, 0.717) is 41.9 Å². The molecule has 1 aromatic heterocycles. The van der Waals surface area contributed by atoms with Crippen LogP contribution in [0.5, 0.6) is 0 Å². The fourth-order valence-corrected chi connectivity index (χ4v) is 8.47. The van der Waals surface area contributed by atoms with Gasteiger partial charge in [-0.3, -0.25) is 23.7 Å². The Hall–Kier alpha value is -3.28. The van der Waals surface area contributed by atoms with E-state index in [2.05, 4.69) is 20.8 Å². The third-order valence-corrected chi connectivity index (χ3v) is 10.5. The van der Waals surface area contributed by atoms with Crippen molar-refractivity contribution in [3.63, 3.8) is 0 Å². The number of thioether (sulfide) groups is 1.